The van der Waals surface area contributed by atoms with Crippen molar-refractivity contribution in [3.63, 3.8) is 0 Å². The number of benzene rings is 2. The van der Waals surface area contributed by atoms with Crippen molar-refractivity contribution in [3.05, 3.63) is 65.2 Å². The fraction of sp³-hybridized carbons (Fsp3) is 0.393. The van der Waals surface area contributed by atoms with E-state index in [4.69, 9.17) is 11.5 Å². The first-order chi connectivity index (χ1) is 18.7. The van der Waals surface area contributed by atoms with Crippen LogP contribution in [0.1, 0.15) is 42.1 Å². The van der Waals surface area contributed by atoms with Gasteiger partial charge in [0.15, 0.2) is 11.0 Å². The summed E-state index contributed by atoms with van der Waals surface area (Å²) in [6.07, 6.45) is 1.25. The number of amides is 2. The Morgan fingerprint density at radius 1 is 0.949 bits per heavy atom. The van der Waals surface area contributed by atoms with E-state index in [2.05, 4.69) is 25.9 Å². The Hall–Kier alpha value is -3.83. The van der Waals surface area contributed by atoms with Crippen molar-refractivity contribution in [2.45, 2.75) is 51.2 Å². The number of fused-ring (bicyclic) bond motifs is 1. The van der Waals surface area contributed by atoms with Gasteiger partial charge in [0.05, 0.1) is 22.3 Å². The first kappa shape index (κ1) is 29.7. The van der Waals surface area contributed by atoms with Crippen molar-refractivity contribution in [2.75, 3.05) is 13.6 Å². The monoisotopic (exact) mass is 551 g/mol. The van der Waals surface area contributed by atoms with Crippen molar-refractivity contribution < 1.29 is 14.4 Å². The Balaban J connectivity index is 1.75. The number of ketones is 1. The van der Waals surface area contributed by atoms with Crippen LogP contribution in [0, 0.1) is 5.92 Å². The Morgan fingerprint density at radius 3 is 2.28 bits per heavy atom. The van der Waals surface area contributed by atoms with Crippen molar-refractivity contribution in [2.24, 2.45) is 22.4 Å². The van der Waals surface area contributed by atoms with Gasteiger partial charge in [-0.05, 0) is 49.9 Å². The lowest BCUT2D eigenvalue weighted by molar-refractivity contribution is -0.131. The third kappa shape index (κ3) is 8.59. The van der Waals surface area contributed by atoms with Crippen molar-refractivity contribution in [3.8, 4) is 0 Å². The number of thiazole rings is 1. The van der Waals surface area contributed by atoms with Gasteiger partial charge in [-0.15, -0.1) is 11.3 Å². The molecule has 3 rings (SSSR count). The summed E-state index contributed by atoms with van der Waals surface area (Å²) in [6.45, 7) is 4.01. The number of likely N-dealkylation sites (N-methyl/N-ethyl adjacent to an activating group) is 1. The molecule has 1 unspecified atom stereocenters. The molecule has 0 radical (unpaired) electrons. The SMILES string of the molecule is CN[C@H](Cc1ccccc1)C(=O)N[C@H](C(=O)NC(CCCN=C(N)N)C(=O)c1nc2ccccc2s1)C(C)C. The highest BCUT2D eigenvalue weighted by atomic mass is 32.1. The van der Waals surface area contributed by atoms with Crippen LogP contribution in [0.3, 0.4) is 0 Å². The maximum Gasteiger partial charge on any atom is 0.243 e. The zero-order valence-corrected chi connectivity index (χ0v) is 23.3. The third-order valence-electron chi connectivity index (χ3n) is 6.28. The van der Waals surface area contributed by atoms with Crippen LogP contribution in [-0.2, 0) is 16.0 Å². The van der Waals surface area contributed by atoms with Crippen LogP contribution >= 0.6 is 11.3 Å². The second-order valence-electron chi connectivity index (χ2n) is 9.62. The summed E-state index contributed by atoms with van der Waals surface area (Å²) in [5.41, 5.74) is 12.6. The molecular formula is C28H37N7O3S. The number of Topliss-reactive ketones (excluding diaryl/α,β-unsaturated/α-hetero) is 1. The number of para-hydroxylation sites is 1. The molecule has 2 amide bonds. The fourth-order valence-electron chi connectivity index (χ4n) is 4.12. The average Bonchev–Trinajstić information content (AvgIpc) is 3.36. The van der Waals surface area contributed by atoms with Gasteiger partial charge >= 0.3 is 0 Å². The molecule has 0 aliphatic heterocycles. The zero-order chi connectivity index (χ0) is 28.4. The van der Waals surface area contributed by atoms with Crippen molar-refractivity contribution >= 4 is 45.1 Å². The molecule has 0 bridgehead atoms. The van der Waals surface area contributed by atoms with Gasteiger partial charge in [-0.1, -0.05) is 56.3 Å². The van der Waals surface area contributed by atoms with E-state index in [-0.39, 0.29) is 23.6 Å². The van der Waals surface area contributed by atoms with E-state index >= 15 is 0 Å². The minimum atomic E-state index is -0.852. The number of hydrogen-bond acceptors (Lipinski definition) is 7. The van der Waals surface area contributed by atoms with Crippen LogP contribution in [0.25, 0.3) is 10.2 Å². The van der Waals surface area contributed by atoms with Gasteiger partial charge < -0.3 is 27.4 Å². The van der Waals surface area contributed by atoms with E-state index in [0.29, 0.717) is 30.8 Å². The van der Waals surface area contributed by atoms with Crippen LogP contribution in [0.5, 0.6) is 0 Å². The van der Waals surface area contributed by atoms with Gasteiger partial charge in [-0.25, -0.2) is 4.98 Å². The van der Waals surface area contributed by atoms with Crippen LogP contribution in [0.15, 0.2) is 59.6 Å². The van der Waals surface area contributed by atoms with Gasteiger partial charge in [-0.3, -0.25) is 19.4 Å². The standard InChI is InChI=1S/C28H37N7O3S/c1-17(2)23(35-25(37)21(31-3)16-18-10-5-4-6-11-18)26(38)33-20(13-9-15-32-28(29)30)24(36)27-34-19-12-7-8-14-22(19)39-27/h4-8,10-12,14,17,20-21,23,31H,9,13,15-16H2,1-3H3,(H,33,38)(H,35,37)(H4,29,30,32)/t20?,21-,23+/m1/s1. The third-order valence-corrected chi connectivity index (χ3v) is 7.33. The predicted molar refractivity (Wildman–Crippen MR) is 156 cm³/mol. The Kier molecular flexibility index (Phi) is 10.9. The molecule has 0 saturated heterocycles. The summed E-state index contributed by atoms with van der Waals surface area (Å²) in [7, 11) is 1.71. The number of nitrogens with zero attached hydrogens (tertiary/aromatic N) is 2. The number of carbonyl (C=O) groups is 3. The molecule has 0 fully saturated rings. The van der Waals surface area contributed by atoms with Gasteiger partial charge in [0.2, 0.25) is 17.6 Å². The molecule has 10 nitrogen and oxygen atoms in total. The first-order valence-electron chi connectivity index (χ1n) is 13.0. The molecule has 3 atom stereocenters. The predicted octanol–water partition coefficient (Wildman–Crippen LogP) is 1.99. The maximum atomic E-state index is 13.5. The largest absolute Gasteiger partial charge is 0.370 e. The molecule has 39 heavy (non-hydrogen) atoms. The van der Waals surface area contributed by atoms with E-state index in [1.54, 1.807) is 7.05 Å². The van der Waals surface area contributed by atoms with E-state index in [1.165, 1.54) is 11.3 Å². The smallest absolute Gasteiger partial charge is 0.243 e. The minimum absolute atomic E-state index is 0.0368. The van der Waals surface area contributed by atoms with E-state index in [0.717, 1.165) is 15.8 Å². The molecule has 11 heteroatoms. The van der Waals surface area contributed by atoms with E-state index in [9.17, 15) is 14.4 Å². The topological polar surface area (TPSA) is 165 Å². The van der Waals surface area contributed by atoms with Crippen molar-refractivity contribution in [1.82, 2.24) is 20.9 Å². The van der Waals surface area contributed by atoms with Crippen molar-refractivity contribution in [1.29, 1.82) is 0 Å². The summed E-state index contributed by atoms with van der Waals surface area (Å²) >= 11 is 1.28. The molecular weight excluding hydrogens is 514 g/mol. The van der Waals surface area contributed by atoms with E-state index in [1.807, 2.05) is 68.4 Å². The molecule has 1 aromatic heterocycles. The minimum Gasteiger partial charge on any atom is -0.370 e. The zero-order valence-electron chi connectivity index (χ0n) is 22.5. The first-order valence-corrected chi connectivity index (χ1v) is 13.8. The number of guanidine groups is 1. The molecule has 7 N–H and O–H groups in total. The summed E-state index contributed by atoms with van der Waals surface area (Å²) in [5.74, 6) is -1.28. The Morgan fingerprint density at radius 2 is 1.64 bits per heavy atom. The van der Waals surface area contributed by atoms with Gasteiger partial charge in [0.25, 0.3) is 0 Å². The highest BCUT2D eigenvalue weighted by Gasteiger charge is 2.31. The number of hydrogen-bond donors (Lipinski definition) is 5. The highest BCUT2D eigenvalue weighted by Crippen LogP contribution is 2.23. The lowest BCUT2D eigenvalue weighted by Gasteiger charge is -2.26. The summed E-state index contributed by atoms with van der Waals surface area (Å²) in [4.78, 5) is 48.6. The highest BCUT2D eigenvalue weighted by molar-refractivity contribution is 7.20. The van der Waals surface area contributed by atoms with Crippen LogP contribution in [0.2, 0.25) is 0 Å². The second-order valence-corrected chi connectivity index (χ2v) is 10.7. The maximum absolute atomic E-state index is 13.5. The number of nitrogens with one attached hydrogen (secondary N) is 3. The average molecular weight is 552 g/mol. The normalized spacial score (nSPS) is 13.4. The Labute approximate surface area is 232 Å². The molecule has 0 saturated carbocycles. The molecule has 0 aliphatic carbocycles. The van der Waals surface area contributed by atoms with Crippen LogP contribution in [0.4, 0.5) is 0 Å². The van der Waals surface area contributed by atoms with Gasteiger partial charge in [0.1, 0.15) is 6.04 Å². The molecule has 1 heterocycles. The number of nitrogens with two attached hydrogens (primary N) is 2. The quantitative estimate of drug-likeness (QED) is 0.0885. The summed E-state index contributed by atoms with van der Waals surface area (Å²) < 4.78 is 0.885. The van der Waals surface area contributed by atoms with E-state index < -0.39 is 24.0 Å². The lowest BCUT2D eigenvalue weighted by atomic mass is 9.99. The number of rotatable bonds is 14. The second kappa shape index (κ2) is 14.4. The van der Waals surface area contributed by atoms with Gasteiger partial charge in [-0.2, -0.15) is 0 Å². The van der Waals surface area contributed by atoms with Crippen LogP contribution in [-0.4, -0.2) is 60.3 Å². The summed E-state index contributed by atoms with van der Waals surface area (Å²) in [5, 5.41) is 9.10. The van der Waals surface area contributed by atoms with Gasteiger partial charge in [0, 0.05) is 6.54 Å². The number of aromatic nitrogens is 1. The number of carbonyl (C=O) groups excluding carboxylic acids is 3. The number of aliphatic imine (C=N–C) groups is 1. The molecule has 3 aromatic rings. The van der Waals surface area contributed by atoms with Crippen LogP contribution < -0.4 is 27.4 Å². The molecule has 0 spiro atoms. The molecule has 0 aliphatic rings. The molecule has 2 aromatic carbocycles. The summed E-state index contributed by atoms with van der Waals surface area (Å²) in [6, 6.07) is 14.9. The molecule has 208 valence electrons. The Bertz CT molecular complexity index is 1260. The lowest BCUT2D eigenvalue weighted by Crippen LogP contribution is -2.57. The fourth-order valence-corrected chi connectivity index (χ4v) is 5.09.